The molecule has 0 amide bonds. The third-order valence-electron chi connectivity index (χ3n) is 3.15. The molecule has 0 unspecified atom stereocenters. The number of benzene rings is 2. The lowest BCUT2D eigenvalue weighted by Crippen LogP contribution is -2.09. The minimum Gasteiger partial charge on any atom is -0.223 e. The fourth-order valence-corrected chi connectivity index (χ4v) is 3.68. The fraction of sp³-hybridized carbons (Fsp3) is 0.200. The summed E-state index contributed by atoms with van der Waals surface area (Å²) in [4.78, 5) is -0.238. The Balaban J connectivity index is 2.46. The van der Waals surface area contributed by atoms with Crippen molar-refractivity contribution < 1.29 is 12.8 Å². The van der Waals surface area contributed by atoms with Gasteiger partial charge in [-0.1, -0.05) is 30.3 Å². The van der Waals surface area contributed by atoms with Gasteiger partial charge >= 0.3 is 0 Å². The van der Waals surface area contributed by atoms with Crippen molar-refractivity contribution in [2.24, 2.45) is 0 Å². The summed E-state index contributed by atoms with van der Waals surface area (Å²) >= 11 is 0. The summed E-state index contributed by atoms with van der Waals surface area (Å²) in [6, 6.07) is 11.1. The van der Waals surface area contributed by atoms with Crippen LogP contribution >= 0.6 is 0 Å². The molecular formula is C15H15FO2S. The van der Waals surface area contributed by atoms with Crippen molar-refractivity contribution in [3.63, 3.8) is 0 Å². The van der Waals surface area contributed by atoms with Crippen LogP contribution in [0.25, 0.3) is 0 Å². The van der Waals surface area contributed by atoms with Crippen molar-refractivity contribution in [3.05, 3.63) is 65.0 Å². The maximum atomic E-state index is 13.6. The van der Waals surface area contributed by atoms with E-state index in [1.807, 2.05) is 32.0 Å². The van der Waals surface area contributed by atoms with Gasteiger partial charge in [0.15, 0.2) is 9.84 Å². The summed E-state index contributed by atoms with van der Waals surface area (Å²) in [6.07, 6.45) is 0. The molecule has 2 rings (SSSR count). The fourth-order valence-electron chi connectivity index (χ4n) is 2.04. The van der Waals surface area contributed by atoms with Crippen LogP contribution in [0.15, 0.2) is 47.4 Å². The lowest BCUT2D eigenvalue weighted by atomic mass is 10.1. The second-order valence-corrected chi connectivity index (χ2v) is 6.52. The Bertz CT molecular complexity index is 686. The first-order valence-electron chi connectivity index (χ1n) is 5.94. The first-order chi connectivity index (χ1) is 8.92. The molecule has 0 spiro atoms. The maximum Gasteiger partial charge on any atom is 0.185 e. The number of hydrogen-bond donors (Lipinski definition) is 0. The molecule has 0 aromatic heterocycles. The molecule has 0 N–H and O–H groups in total. The van der Waals surface area contributed by atoms with Crippen LogP contribution in [0.4, 0.5) is 4.39 Å². The van der Waals surface area contributed by atoms with Gasteiger partial charge in [0, 0.05) is 0 Å². The van der Waals surface area contributed by atoms with Crippen LogP contribution in [-0.4, -0.2) is 8.42 Å². The van der Waals surface area contributed by atoms with Gasteiger partial charge in [-0.05, 0) is 42.7 Å². The minimum atomic E-state index is -3.66. The van der Waals surface area contributed by atoms with E-state index in [0.29, 0.717) is 0 Å². The molecule has 0 heterocycles. The summed E-state index contributed by atoms with van der Waals surface area (Å²) in [7, 11) is -3.66. The molecule has 0 fully saturated rings. The molecular weight excluding hydrogens is 263 g/mol. The summed E-state index contributed by atoms with van der Waals surface area (Å²) in [6.45, 7) is 3.72. The Morgan fingerprint density at radius 1 is 0.947 bits per heavy atom. The van der Waals surface area contributed by atoms with Crippen LogP contribution in [0, 0.1) is 19.7 Å². The van der Waals surface area contributed by atoms with Crippen molar-refractivity contribution in [2.45, 2.75) is 24.5 Å². The number of rotatable bonds is 3. The molecule has 0 aliphatic heterocycles. The van der Waals surface area contributed by atoms with Gasteiger partial charge in [0.2, 0.25) is 0 Å². The summed E-state index contributed by atoms with van der Waals surface area (Å²) in [5, 5.41) is 0. The molecule has 100 valence electrons. The molecule has 2 nitrogen and oxygen atoms in total. The molecule has 19 heavy (non-hydrogen) atoms. The zero-order chi connectivity index (χ0) is 14.0. The Kier molecular flexibility index (Phi) is 3.71. The van der Waals surface area contributed by atoms with E-state index in [1.54, 1.807) is 0 Å². The van der Waals surface area contributed by atoms with E-state index >= 15 is 0 Å². The van der Waals surface area contributed by atoms with Crippen molar-refractivity contribution >= 4 is 9.84 Å². The van der Waals surface area contributed by atoms with Crippen molar-refractivity contribution in [2.75, 3.05) is 0 Å². The quantitative estimate of drug-likeness (QED) is 0.862. The topological polar surface area (TPSA) is 34.1 Å². The molecule has 0 saturated carbocycles. The highest BCUT2D eigenvalue weighted by Gasteiger charge is 2.20. The molecule has 0 saturated heterocycles. The van der Waals surface area contributed by atoms with Crippen molar-refractivity contribution in [1.82, 2.24) is 0 Å². The van der Waals surface area contributed by atoms with E-state index in [1.165, 1.54) is 18.2 Å². The van der Waals surface area contributed by atoms with Gasteiger partial charge in [-0.2, -0.15) is 0 Å². The Hall–Kier alpha value is -1.68. The number of halogens is 1. The smallest absolute Gasteiger partial charge is 0.185 e. The van der Waals surface area contributed by atoms with Gasteiger partial charge in [0.25, 0.3) is 0 Å². The van der Waals surface area contributed by atoms with Gasteiger partial charge < -0.3 is 0 Å². The van der Waals surface area contributed by atoms with Crippen LogP contribution in [0.3, 0.4) is 0 Å². The second kappa shape index (κ2) is 5.13. The van der Waals surface area contributed by atoms with Crippen LogP contribution in [0.5, 0.6) is 0 Å². The van der Waals surface area contributed by atoms with Gasteiger partial charge in [-0.15, -0.1) is 0 Å². The van der Waals surface area contributed by atoms with Gasteiger partial charge in [0.1, 0.15) is 10.7 Å². The zero-order valence-corrected chi connectivity index (χ0v) is 11.7. The Labute approximate surface area is 112 Å². The molecule has 0 aliphatic carbocycles. The predicted molar refractivity (Wildman–Crippen MR) is 73.2 cm³/mol. The number of hydrogen-bond acceptors (Lipinski definition) is 2. The van der Waals surface area contributed by atoms with E-state index in [-0.39, 0.29) is 10.6 Å². The highest BCUT2D eigenvalue weighted by Crippen LogP contribution is 2.23. The third-order valence-corrected chi connectivity index (χ3v) is 4.82. The van der Waals surface area contributed by atoms with Crippen LogP contribution in [-0.2, 0) is 15.6 Å². The predicted octanol–water partition coefficient (Wildman–Crippen LogP) is 3.42. The van der Waals surface area contributed by atoms with Crippen LogP contribution in [0.2, 0.25) is 0 Å². The monoisotopic (exact) mass is 278 g/mol. The minimum absolute atomic E-state index is 0.174. The molecule has 0 atom stereocenters. The first kappa shape index (κ1) is 13.7. The SMILES string of the molecule is Cc1cccc(C)c1CS(=O)(=O)c1ccccc1F. The van der Waals surface area contributed by atoms with Crippen molar-refractivity contribution in [1.29, 1.82) is 0 Å². The largest absolute Gasteiger partial charge is 0.223 e. The third kappa shape index (κ3) is 2.84. The first-order valence-corrected chi connectivity index (χ1v) is 7.59. The van der Waals surface area contributed by atoms with E-state index in [0.717, 1.165) is 22.8 Å². The van der Waals surface area contributed by atoms with Gasteiger partial charge in [-0.25, -0.2) is 12.8 Å². The normalized spacial score (nSPS) is 11.5. The van der Waals surface area contributed by atoms with E-state index < -0.39 is 15.7 Å². The molecule has 2 aromatic carbocycles. The number of sulfone groups is 1. The molecule has 2 aromatic rings. The standard InChI is InChI=1S/C15H15FO2S/c1-11-6-5-7-12(2)13(11)10-19(17,18)15-9-4-3-8-14(15)16/h3-9H,10H2,1-2H3. The van der Waals surface area contributed by atoms with E-state index in [4.69, 9.17) is 0 Å². The average molecular weight is 278 g/mol. The Morgan fingerprint density at radius 2 is 1.53 bits per heavy atom. The molecule has 0 bridgehead atoms. The summed E-state index contributed by atoms with van der Waals surface area (Å²) in [5.74, 6) is -0.874. The van der Waals surface area contributed by atoms with Crippen LogP contribution in [0.1, 0.15) is 16.7 Å². The van der Waals surface area contributed by atoms with E-state index in [2.05, 4.69) is 0 Å². The molecule has 4 heteroatoms. The Morgan fingerprint density at radius 3 is 2.11 bits per heavy atom. The lowest BCUT2D eigenvalue weighted by Gasteiger charge is -2.11. The molecule has 0 radical (unpaired) electrons. The second-order valence-electron chi connectivity index (χ2n) is 4.56. The van der Waals surface area contributed by atoms with Crippen LogP contribution < -0.4 is 0 Å². The highest BCUT2D eigenvalue weighted by molar-refractivity contribution is 7.90. The highest BCUT2D eigenvalue weighted by atomic mass is 32.2. The summed E-state index contributed by atoms with van der Waals surface area (Å²) in [5.41, 5.74) is 2.55. The molecule has 0 aliphatic rings. The average Bonchev–Trinajstić information content (AvgIpc) is 2.34. The number of aryl methyl sites for hydroxylation is 2. The van der Waals surface area contributed by atoms with E-state index in [9.17, 15) is 12.8 Å². The van der Waals surface area contributed by atoms with Gasteiger partial charge in [0.05, 0.1) is 5.75 Å². The maximum absolute atomic E-state index is 13.6. The van der Waals surface area contributed by atoms with Gasteiger partial charge in [-0.3, -0.25) is 0 Å². The lowest BCUT2D eigenvalue weighted by molar-refractivity contribution is 0.566. The van der Waals surface area contributed by atoms with Crippen molar-refractivity contribution in [3.8, 4) is 0 Å². The zero-order valence-electron chi connectivity index (χ0n) is 10.9. The summed E-state index contributed by atoms with van der Waals surface area (Å²) < 4.78 is 38.2.